The molecular weight excluding hydrogens is 275 g/mol. The van der Waals surface area contributed by atoms with Gasteiger partial charge in [-0.2, -0.15) is 0 Å². The van der Waals surface area contributed by atoms with Gasteiger partial charge in [-0.25, -0.2) is 9.37 Å². The molecule has 0 aliphatic carbocycles. The summed E-state index contributed by atoms with van der Waals surface area (Å²) in [4.78, 5) is 4.59. The first-order valence-electron chi connectivity index (χ1n) is 6.49. The van der Waals surface area contributed by atoms with Gasteiger partial charge in [0, 0.05) is 16.5 Å². The number of benzene rings is 1. The van der Waals surface area contributed by atoms with Crippen molar-refractivity contribution in [3.05, 3.63) is 46.2 Å². The average molecular weight is 294 g/mol. The average Bonchev–Trinajstić information content (AvgIpc) is 2.87. The first kappa shape index (κ1) is 14.9. The van der Waals surface area contributed by atoms with Crippen LogP contribution in [0.25, 0.3) is 0 Å². The second-order valence-corrected chi connectivity index (χ2v) is 6.57. The standard InChI is InChI=1S/C15H19FN2OS/c1-15(2,3)14-18-13(9-20-14)12(8-19)17-11-6-4-10(16)5-7-11/h4-7,9,12,17,19H,8H2,1-3H3. The third-order valence-corrected chi connectivity index (χ3v) is 4.17. The van der Waals surface area contributed by atoms with Crippen LogP contribution < -0.4 is 5.32 Å². The van der Waals surface area contributed by atoms with Crippen LogP contribution in [0.15, 0.2) is 29.6 Å². The highest BCUT2D eigenvalue weighted by Crippen LogP contribution is 2.28. The van der Waals surface area contributed by atoms with Gasteiger partial charge in [0.25, 0.3) is 0 Å². The van der Waals surface area contributed by atoms with Crippen LogP contribution in [0.4, 0.5) is 10.1 Å². The molecule has 2 N–H and O–H groups in total. The van der Waals surface area contributed by atoms with Crippen LogP contribution in [0.5, 0.6) is 0 Å². The van der Waals surface area contributed by atoms with Gasteiger partial charge in [0.2, 0.25) is 0 Å². The summed E-state index contributed by atoms with van der Waals surface area (Å²) in [5.41, 5.74) is 1.57. The predicted octanol–water partition coefficient (Wildman–Crippen LogP) is 3.73. The van der Waals surface area contributed by atoms with Crippen molar-refractivity contribution in [2.24, 2.45) is 0 Å². The molecule has 0 aliphatic heterocycles. The number of hydrogen-bond donors (Lipinski definition) is 2. The Morgan fingerprint density at radius 1 is 1.30 bits per heavy atom. The Labute approximate surface area is 122 Å². The molecule has 1 aromatic carbocycles. The topological polar surface area (TPSA) is 45.2 Å². The van der Waals surface area contributed by atoms with E-state index in [1.54, 1.807) is 23.5 Å². The predicted molar refractivity (Wildman–Crippen MR) is 80.7 cm³/mol. The zero-order valence-electron chi connectivity index (χ0n) is 11.9. The maximum absolute atomic E-state index is 12.9. The molecule has 0 saturated carbocycles. The van der Waals surface area contributed by atoms with Gasteiger partial charge < -0.3 is 10.4 Å². The van der Waals surface area contributed by atoms with Crippen LogP contribution in [-0.2, 0) is 5.41 Å². The monoisotopic (exact) mass is 294 g/mol. The van der Waals surface area contributed by atoms with Crippen molar-refractivity contribution in [2.45, 2.75) is 32.2 Å². The van der Waals surface area contributed by atoms with Gasteiger partial charge in [0.1, 0.15) is 5.82 Å². The Bertz CT molecular complexity index is 560. The fourth-order valence-corrected chi connectivity index (χ4v) is 2.71. The Morgan fingerprint density at radius 3 is 2.45 bits per heavy atom. The lowest BCUT2D eigenvalue weighted by Crippen LogP contribution is -2.16. The molecule has 1 unspecified atom stereocenters. The third-order valence-electron chi connectivity index (χ3n) is 2.89. The number of thiazole rings is 1. The van der Waals surface area contributed by atoms with E-state index in [0.717, 1.165) is 16.4 Å². The molecule has 0 radical (unpaired) electrons. The van der Waals surface area contributed by atoms with E-state index in [4.69, 9.17) is 0 Å². The van der Waals surface area contributed by atoms with Crippen LogP contribution in [0.1, 0.15) is 37.5 Å². The van der Waals surface area contributed by atoms with Gasteiger partial charge in [-0.3, -0.25) is 0 Å². The lowest BCUT2D eigenvalue weighted by Gasteiger charge is -2.17. The summed E-state index contributed by atoms with van der Waals surface area (Å²) in [5, 5.41) is 15.7. The molecule has 2 rings (SSSR count). The molecular formula is C15H19FN2OS. The first-order chi connectivity index (χ1) is 9.40. The summed E-state index contributed by atoms with van der Waals surface area (Å²) >= 11 is 1.59. The van der Waals surface area contributed by atoms with Crippen LogP contribution in [-0.4, -0.2) is 16.7 Å². The van der Waals surface area contributed by atoms with Crippen LogP contribution in [0.3, 0.4) is 0 Å². The highest BCUT2D eigenvalue weighted by Gasteiger charge is 2.21. The summed E-state index contributed by atoms with van der Waals surface area (Å²) in [6, 6.07) is 5.79. The minimum atomic E-state index is -0.284. The fourth-order valence-electron chi connectivity index (χ4n) is 1.75. The van der Waals surface area contributed by atoms with Crippen LogP contribution in [0.2, 0.25) is 0 Å². The summed E-state index contributed by atoms with van der Waals surface area (Å²) < 4.78 is 12.9. The summed E-state index contributed by atoms with van der Waals surface area (Å²) in [6.45, 7) is 6.26. The molecule has 0 saturated heterocycles. The van der Waals surface area contributed by atoms with E-state index in [-0.39, 0.29) is 23.9 Å². The largest absolute Gasteiger partial charge is 0.394 e. The Balaban J connectivity index is 2.16. The fraction of sp³-hybridized carbons (Fsp3) is 0.400. The minimum Gasteiger partial charge on any atom is -0.394 e. The number of nitrogens with one attached hydrogen (secondary N) is 1. The Kier molecular flexibility index (Phi) is 4.40. The highest BCUT2D eigenvalue weighted by molar-refractivity contribution is 7.09. The number of halogens is 1. The molecule has 20 heavy (non-hydrogen) atoms. The van der Waals surface area contributed by atoms with E-state index in [2.05, 4.69) is 31.1 Å². The number of nitrogens with zero attached hydrogens (tertiary/aromatic N) is 1. The number of rotatable bonds is 4. The van der Waals surface area contributed by atoms with E-state index in [1.165, 1.54) is 12.1 Å². The molecule has 3 nitrogen and oxygen atoms in total. The molecule has 0 spiro atoms. The Morgan fingerprint density at radius 2 is 1.95 bits per heavy atom. The normalized spacial score (nSPS) is 13.2. The number of hydrogen-bond acceptors (Lipinski definition) is 4. The van der Waals surface area contributed by atoms with Crippen molar-refractivity contribution in [3.63, 3.8) is 0 Å². The minimum absolute atomic E-state index is 0.00119. The molecule has 2 aromatic rings. The zero-order chi connectivity index (χ0) is 14.8. The number of aromatic nitrogens is 1. The lowest BCUT2D eigenvalue weighted by atomic mass is 9.98. The van der Waals surface area contributed by atoms with Gasteiger partial charge in [-0.05, 0) is 24.3 Å². The Hall–Kier alpha value is -1.46. The van der Waals surface area contributed by atoms with Crippen molar-refractivity contribution in [1.82, 2.24) is 4.98 Å². The molecule has 0 aliphatic rings. The van der Waals surface area contributed by atoms with Gasteiger partial charge >= 0.3 is 0 Å². The molecule has 0 bridgehead atoms. The lowest BCUT2D eigenvalue weighted by molar-refractivity contribution is 0.274. The van der Waals surface area contributed by atoms with Gasteiger partial charge in [0.05, 0.1) is 23.4 Å². The second kappa shape index (κ2) is 5.89. The maximum atomic E-state index is 12.9. The summed E-state index contributed by atoms with van der Waals surface area (Å²) in [5.74, 6) is -0.278. The quantitative estimate of drug-likeness (QED) is 0.903. The highest BCUT2D eigenvalue weighted by atomic mass is 32.1. The molecule has 108 valence electrons. The molecule has 5 heteroatoms. The van der Waals surface area contributed by atoms with Gasteiger partial charge in [0.15, 0.2) is 0 Å². The van der Waals surface area contributed by atoms with E-state index < -0.39 is 0 Å². The first-order valence-corrected chi connectivity index (χ1v) is 7.37. The molecule has 0 amide bonds. The zero-order valence-corrected chi connectivity index (χ0v) is 12.7. The van der Waals surface area contributed by atoms with Crippen molar-refractivity contribution in [1.29, 1.82) is 0 Å². The maximum Gasteiger partial charge on any atom is 0.123 e. The number of anilines is 1. The van der Waals surface area contributed by atoms with E-state index in [1.807, 2.05) is 5.38 Å². The molecule has 0 fully saturated rings. The van der Waals surface area contributed by atoms with Crippen molar-refractivity contribution in [2.75, 3.05) is 11.9 Å². The van der Waals surface area contributed by atoms with E-state index in [0.29, 0.717) is 0 Å². The molecule has 1 aromatic heterocycles. The van der Waals surface area contributed by atoms with Gasteiger partial charge in [-0.15, -0.1) is 11.3 Å². The third kappa shape index (κ3) is 3.55. The summed E-state index contributed by atoms with van der Waals surface area (Å²) in [7, 11) is 0. The van der Waals surface area contributed by atoms with Gasteiger partial charge in [-0.1, -0.05) is 20.8 Å². The van der Waals surface area contributed by atoms with Crippen molar-refractivity contribution >= 4 is 17.0 Å². The smallest absolute Gasteiger partial charge is 0.123 e. The van der Waals surface area contributed by atoms with Crippen LogP contribution >= 0.6 is 11.3 Å². The van der Waals surface area contributed by atoms with Crippen molar-refractivity contribution in [3.8, 4) is 0 Å². The van der Waals surface area contributed by atoms with Crippen molar-refractivity contribution < 1.29 is 9.50 Å². The SMILES string of the molecule is CC(C)(C)c1nc(C(CO)Nc2ccc(F)cc2)cs1. The number of aliphatic hydroxyl groups is 1. The van der Waals surface area contributed by atoms with E-state index in [9.17, 15) is 9.50 Å². The second-order valence-electron chi connectivity index (χ2n) is 5.71. The molecule has 1 atom stereocenters. The number of aliphatic hydroxyl groups excluding tert-OH is 1. The summed E-state index contributed by atoms with van der Waals surface area (Å²) in [6.07, 6.45) is 0. The molecule has 1 heterocycles. The van der Waals surface area contributed by atoms with Crippen LogP contribution in [0, 0.1) is 5.82 Å². The van der Waals surface area contributed by atoms with E-state index >= 15 is 0 Å².